The Morgan fingerprint density at radius 1 is 1.11 bits per heavy atom. The van der Waals surface area contributed by atoms with Gasteiger partial charge in [-0.05, 0) is 54.4 Å². The van der Waals surface area contributed by atoms with Crippen molar-refractivity contribution in [1.29, 1.82) is 0 Å². The molecule has 0 atom stereocenters. The van der Waals surface area contributed by atoms with Gasteiger partial charge in [0.25, 0.3) is 0 Å². The molecule has 2 amide bonds. The lowest BCUT2D eigenvalue weighted by molar-refractivity contribution is -0.136. The van der Waals surface area contributed by atoms with Gasteiger partial charge in [0.2, 0.25) is 0 Å². The minimum Gasteiger partial charge on any atom is -0.493 e. The molecule has 0 fully saturated rings. The van der Waals surface area contributed by atoms with Gasteiger partial charge >= 0.3 is 11.8 Å². The van der Waals surface area contributed by atoms with Crippen LogP contribution in [-0.4, -0.2) is 31.7 Å². The SMILES string of the molecule is CCCOc1ccc(/C=N\NC(=O)C(=O)Nc2ccc(F)cc2)cc1OC. The van der Waals surface area contributed by atoms with Gasteiger partial charge in [-0.15, -0.1) is 0 Å². The van der Waals surface area contributed by atoms with Crippen molar-refractivity contribution in [2.45, 2.75) is 13.3 Å². The van der Waals surface area contributed by atoms with E-state index in [4.69, 9.17) is 9.47 Å². The molecule has 0 aliphatic carbocycles. The highest BCUT2D eigenvalue weighted by Gasteiger charge is 2.12. The summed E-state index contributed by atoms with van der Waals surface area (Å²) in [5.74, 6) is -1.17. The Hall–Kier alpha value is -3.42. The van der Waals surface area contributed by atoms with E-state index in [0.717, 1.165) is 6.42 Å². The average molecular weight is 373 g/mol. The molecule has 2 aromatic rings. The normalized spacial score (nSPS) is 10.5. The molecule has 0 saturated carbocycles. The molecule has 2 N–H and O–H groups in total. The van der Waals surface area contributed by atoms with Crippen molar-refractivity contribution in [3.63, 3.8) is 0 Å². The van der Waals surface area contributed by atoms with Gasteiger partial charge in [-0.25, -0.2) is 9.82 Å². The maximum atomic E-state index is 12.8. The molecule has 142 valence electrons. The van der Waals surface area contributed by atoms with Crippen molar-refractivity contribution in [3.05, 3.63) is 53.8 Å². The van der Waals surface area contributed by atoms with Crippen LogP contribution in [0.4, 0.5) is 10.1 Å². The maximum Gasteiger partial charge on any atom is 0.329 e. The highest BCUT2D eigenvalue weighted by Crippen LogP contribution is 2.27. The van der Waals surface area contributed by atoms with Crippen molar-refractivity contribution >= 4 is 23.7 Å². The van der Waals surface area contributed by atoms with Crippen LogP contribution in [0.3, 0.4) is 0 Å². The van der Waals surface area contributed by atoms with Crippen LogP contribution in [0.1, 0.15) is 18.9 Å². The molecule has 0 aliphatic rings. The smallest absolute Gasteiger partial charge is 0.329 e. The molecular weight excluding hydrogens is 353 g/mol. The fourth-order valence-corrected chi connectivity index (χ4v) is 2.03. The quantitative estimate of drug-likeness (QED) is 0.444. The molecule has 0 aromatic heterocycles. The number of methoxy groups -OCH3 is 1. The first-order valence-electron chi connectivity index (χ1n) is 8.24. The van der Waals surface area contributed by atoms with Crippen molar-refractivity contribution < 1.29 is 23.5 Å². The second-order valence-corrected chi connectivity index (χ2v) is 5.42. The number of ether oxygens (including phenoxy) is 2. The number of anilines is 1. The molecular formula is C19H20FN3O4. The number of carbonyl (C=O) groups excluding carboxylic acids is 2. The largest absolute Gasteiger partial charge is 0.493 e. The average Bonchev–Trinajstić information content (AvgIpc) is 2.68. The lowest BCUT2D eigenvalue weighted by Gasteiger charge is -2.10. The maximum absolute atomic E-state index is 12.8. The van der Waals surface area contributed by atoms with Gasteiger partial charge in [0.1, 0.15) is 5.82 Å². The fraction of sp³-hybridized carbons (Fsp3) is 0.211. The van der Waals surface area contributed by atoms with Crippen molar-refractivity contribution in [2.24, 2.45) is 5.10 Å². The first kappa shape index (κ1) is 19.9. The third-order valence-electron chi connectivity index (χ3n) is 3.34. The Morgan fingerprint density at radius 3 is 2.52 bits per heavy atom. The van der Waals surface area contributed by atoms with E-state index >= 15 is 0 Å². The summed E-state index contributed by atoms with van der Waals surface area (Å²) < 4.78 is 23.6. The van der Waals surface area contributed by atoms with Crippen molar-refractivity contribution in [1.82, 2.24) is 5.43 Å². The lowest BCUT2D eigenvalue weighted by Crippen LogP contribution is -2.32. The second kappa shape index (κ2) is 9.91. The monoisotopic (exact) mass is 373 g/mol. The van der Waals surface area contributed by atoms with Gasteiger partial charge in [-0.1, -0.05) is 6.92 Å². The number of carbonyl (C=O) groups is 2. The number of halogens is 1. The predicted octanol–water partition coefficient (Wildman–Crippen LogP) is 2.71. The Labute approximate surface area is 156 Å². The summed E-state index contributed by atoms with van der Waals surface area (Å²) in [6, 6.07) is 10.2. The zero-order chi connectivity index (χ0) is 19.6. The zero-order valence-electron chi connectivity index (χ0n) is 15.0. The Kier molecular flexibility index (Phi) is 7.30. The highest BCUT2D eigenvalue weighted by atomic mass is 19.1. The number of nitrogens with one attached hydrogen (secondary N) is 2. The molecule has 0 heterocycles. The van der Waals surface area contributed by atoms with Crippen molar-refractivity contribution in [3.8, 4) is 11.5 Å². The van der Waals surface area contributed by atoms with E-state index in [2.05, 4.69) is 15.8 Å². The van der Waals surface area contributed by atoms with Crippen LogP contribution in [0, 0.1) is 5.82 Å². The fourth-order valence-electron chi connectivity index (χ4n) is 2.03. The number of benzene rings is 2. The van der Waals surface area contributed by atoms with Gasteiger partial charge in [-0.3, -0.25) is 9.59 Å². The first-order valence-corrected chi connectivity index (χ1v) is 8.24. The van der Waals surface area contributed by atoms with Gasteiger partial charge in [-0.2, -0.15) is 5.10 Å². The Morgan fingerprint density at radius 2 is 1.85 bits per heavy atom. The van der Waals surface area contributed by atoms with E-state index in [-0.39, 0.29) is 0 Å². The molecule has 0 bridgehead atoms. The predicted molar refractivity (Wildman–Crippen MR) is 99.5 cm³/mol. The van der Waals surface area contributed by atoms with Crippen LogP contribution in [0.5, 0.6) is 11.5 Å². The van der Waals surface area contributed by atoms with Gasteiger partial charge < -0.3 is 14.8 Å². The molecule has 0 unspecified atom stereocenters. The number of nitrogens with zero attached hydrogens (tertiary/aromatic N) is 1. The van der Waals surface area contributed by atoms with Crippen LogP contribution in [-0.2, 0) is 9.59 Å². The summed E-state index contributed by atoms with van der Waals surface area (Å²) in [6.07, 6.45) is 2.24. The van der Waals surface area contributed by atoms with Crippen LogP contribution in [0.25, 0.3) is 0 Å². The Balaban J connectivity index is 1.92. The van der Waals surface area contributed by atoms with E-state index in [1.54, 1.807) is 18.2 Å². The molecule has 0 saturated heterocycles. The van der Waals surface area contributed by atoms with Crippen molar-refractivity contribution in [2.75, 3.05) is 19.0 Å². The number of hydrogen-bond acceptors (Lipinski definition) is 5. The summed E-state index contributed by atoms with van der Waals surface area (Å²) in [7, 11) is 1.52. The van der Waals surface area contributed by atoms with E-state index < -0.39 is 17.6 Å². The second-order valence-electron chi connectivity index (χ2n) is 5.42. The zero-order valence-corrected chi connectivity index (χ0v) is 15.0. The Bertz CT molecular complexity index is 822. The minimum atomic E-state index is -0.953. The lowest BCUT2D eigenvalue weighted by atomic mass is 10.2. The van der Waals surface area contributed by atoms with E-state index in [0.29, 0.717) is 29.4 Å². The summed E-state index contributed by atoms with van der Waals surface area (Å²) in [5, 5.41) is 6.08. The molecule has 0 spiro atoms. The molecule has 2 aromatic carbocycles. The molecule has 7 nitrogen and oxygen atoms in total. The summed E-state index contributed by atoms with van der Waals surface area (Å²) in [5.41, 5.74) is 3.07. The van der Waals surface area contributed by atoms with E-state index in [9.17, 15) is 14.0 Å². The van der Waals surface area contributed by atoms with Crippen LogP contribution in [0.2, 0.25) is 0 Å². The third kappa shape index (κ3) is 6.10. The van der Waals surface area contributed by atoms with Crippen LogP contribution >= 0.6 is 0 Å². The molecule has 0 radical (unpaired) electrons. The molecule has 8 heteroatoms. The number of hydrogen-bond donors (Lipinski definition) is 2. The number of hydrazone groups is 1. The third-order valence-corrected chi connectivity index (χ3v) is 3.34. The van der Waals surface area contributed by atoms with Gasteiger partial charge in [0.05, 0.1) is 19.9 Å². The standard InChI is InChI=1S/C19H20FN3O4/c1-3-10-27-16-9-4-13(11-17(16)26-2)12-21-23-19(25)18(24)22-15-7-5-14(20)6-8-15/h4-9,11-12H,3,10H2,1-2H3,(H,22,24)(H,23,25)/b21-12-. The molecule has 0 aliphatic heterocycles. The summed E-state index contributed by atoms with van der Waals surface area (Å²) in [4.78, 5) is 23.5. The number of rotatable bonds is 7. The summed E-state index contributed by atoms with van der Waals surface area (Å²) in [6.45, 7) is 2.57. The molecule has 2 rings (SSSR count). The minimum absolute atomic E-state index is 0.299. The van der Waals surface area contributed by atoms with E-state index in [1.165, 1.54) is 37.6 Å². The summed E-state index contributed by atoms with van der Waals surface area (Å²) >= 11 is 0. The van der Waals surface area contributed by atoms with Gasteiger partial charge in [0.15, 0.2) is 11.5 Å². The first-order chi connectivity index (χ1) is 13.0. The van der Waals surface area contributed by atoms with Crippen LogP contribution in [0.15, 0.2) is 47.6 Å². The molecule has 27 heavy (non-hydrogen) atoms. The van der Waals surface area contributed by atoms with Crippen LogP contribution < -0.4 is 20.2 Å². The van der Waals surface area contributed by atoms with Gasteiger partial charge in [0, 0.05) is 5.69 Å². The topological polar surface area (TPSA) is 89.0 Å². The van der Waals surface area contributed by atoms with E-state index in [1.807, 2.05) is 6.92 Å². The highest BCUT2D eigenvalue weighted by molar-refractivity contribution is 6.39. The number of amides is 2.